The molecule has 25 heavy (non-hydrogen) atoms. The molecule has 0 N–H and O–H groups in total. The van der Waals surface area contributed by atoms with Gasteiger partial charge in [0.05, 0.1) is 32.1 Å². The minimum atomic E-state index is -1.63. The normalized spacial score (nSPS) is 18.2. The SMILES string of the molecule is COc1ccc(C=CN2CN(C(Cl)(Cl)Cl)CN(C(Cl)(Cl)Cl)C2)cc1Cl. The average Bonchev–Trinajstić information content (AvgIpc) is 2.51. The lowest BCUT2D eigenvalue weighted by Crippen LogP contribution is -2.59. The van der Waals surface area contributed by atoms with E-state index >= 15 is 0 Å². The van der Waals surface area contributed by atoms with Crippen LogP contribution < -0.4 is 4.74 Å². The lowest BCUT2D eigenvalue weighted by atomic mass is 10.2. The van der Waals surface area contributed by atoms with Crippen molar-refractivity contribution in [3.05, 3.63) is 35.0 Å². The maximum absolute atomic E-state index is 6.12. The highest BCUT2D eigenvalue weighted by Gasteiger charge is 2.41. The zero-order valence-corrected chi connectivity index (χ0v) is 18.2. The molecule has 1 fully saturated rings. The number of ether oxygens (including phenoxy) is 1. The molecule has 1 aliphatic heterocycles. The molecule has 0 radical (unpaired) electrons. The maximum Gasteiger partial charge on any atom is 0.250 e. The molecule has 0 aliphatic carbocycles. The second-order valence-corrected chi connectivity index (χ2v) is 10.1. The van der Waals surface area contributed by atoms with Crippen LogP contribution >= 0.6 is 81.2 Å². The predicted octanol–water partition coefficient (Wildman–Crippen LogP) is 5.77. The molecule has 1 heterocycles. The van der Waals surface area contributed by atoms with Gasteiger partial charge >= 0.3 is 0 Å². The zero-order chi connectivity index (χ0) is 18.8. The summed E-state index contributed by atoms with van der Waals surface area (Å²) in [5, 5.41) is 0.508. The third kappa shape index (κ3) is 6.27. The van der Waals surface area contributed by atoms with Gasteiger partial charge < -0.3 is 9.64 Å². The number of alkyl halides is 6. The Kier molecular flexibility index (Phi) is 7.57. The Balaban J connectivity index is 2.17. The van der Waals surface area contributed by atoms with Gasteiger partial charge in [0.25, 0.3) is 0 Å². The van der Waals surface area contributed by atoms with E-state index in [0.717, 1.165) is 5.56 Å². The maximum atomic E-state index is 6.12. The number of halogens is 7. The third-order valence-electron chi connectivity index (χ3n) is 3.42. The van der Waals surface area contributed by atoms with E-state index in [1.54, 1.807) is 19.2 Å². The van der Waals surface area contributed by atoms with Crippen LogP contribution in [0.3, 0.4) is 0 Å². The van der Waals surface area contributed by atoms with Crippen molar-refractivity contribution in [2.75, 3.05) is 27.1 Å². The van der Waals surface area contributed by atoms with Crippen molar-refractivity contribution >= 4 is 87.3 Å². The first-order valence-corrected chi connectivity index (χ1v) is 9.54. The number of methoxy groups -OCH3 is 1. The smallest absolute Gasteiger partial charge is 0.250 e. The molecule has 11 heteroatoms. The van der Waals surface area contributed by atoms with Crippen molar-refractivity contribution < 1.29 is 4.74 Å². The van der Waals surface area contributed by atoms with E-state index in [1.165, 1.54) is 9.80 Å². The van der Waals surface area contributed by atoms with E-state index in [0.29, 0.717) is 24.1 Å². The summed E-state index contributed by atoms with van der Waals surface area (Å²) < 4.78 is 1.86. The summed E-state index contributed by atoms with van der Waals surface area (Å²) >= 11 is 42.0. The lowest BCUT2D eigenvalue weighted by molar-refractivity contribution is -0.00902. The molecule has 1 aliphatic rings. The van der Waals surface area contributed by atoms with Crippen molar-refractivity contribution in [3.8, 4) is 5.75 Å². The predicted molar refractivity (Wildman–Crippen MR) is 108 cm³/mol. The van der Waals surface area contributed by atoms with Gasteiger partial charge in [-0.2, -0.15) is 0 Å². The zero-order valence-electron chi connectivity index (χ0n) is 12.9. The van der Waals surface area contributed by atoms with Gasteiger partial charge in [-0.3, -0.25) is 0 Å². The monoisotopic (exact) mass is 485 g/mol. The summed E-state index contributed by atoms with van der Waals surface area (Å²) in [6, 6.07) is 5.42. The van der Waals surface area contributed by atoms with Crippen LogP contribution in [-0.2, 0) is 0 Å². The molecule has 1 aromatic rings. The van der Waals surface area contributed by atoms with Gasteiger partial charge in [-0.05, 0) is 23.8 Å². The van der Waals surface area contributed by atoms with Gasteiger partial charge in [-0.1, -0.05) is 87.3 Å². The standard InChI is InChI=1S/C14H14Cl7N3O/c1-25-12-3-2-10(6-11(12)15)4-5-22-7-23(13(16,17)18)9-24(8-22)14(19,20)21/h2-6H,7-9H2,1H3. The van der Waals surface area contributed by atoms with Crippen molar-refractivity contribution in [2.24, 2.45) is 0 Å². The molecular formula is C14H14Cl7N3O. The fraction of sp³-hybridized carbons (Fsp3) is 0.429. The largest absolute Gasteiger partial charge is 0.495 e. The molecule has 0 aromatic heterocycles. The molecule has 0 spiro atoms. The van der Waals surface area contributed by atoms with E-state index < -0.39 is 7.83 Å². The fourth-order valence-corrected chi connectivity index (χ4v) is 3.08. The Morgan fingerprint density at radius 2 is 1.52 bits per heavy atom. The molecule has 1 aromatic carbocycles. The second-order valence-electron chi connectivity index (χ2n) is 5.24. The van der Waals surface area contributed by atoms with Crippen LogP contribution in [0, 0.1) is 0 Å². The van der Waals surface area contributed by atoms with Gasteiger partial charge in [0.2, 0.25) is 7.83 Å². The minimum absolute atomic E-state index is 0.186. The summed E-state index contributed by atoms with van der Waals surface area (Å²) in [5.41, 5.74) is 0.872. The molecule has 0 atom stereocenters. The van der Waals surface area contributed by atoms with Gasteiger partial charge in [0.1, 0.15) is 5.75 Å². The van der Waals surface area contributed by atoms with Crippen molar-refractivity contribution in [1.29, 1.82) is 0 Å². The summed E-state index contributed by atoms with van der Waals surface area (Å²) in [6.45, 7) is 0.869. The summed E-state index contributed by atoms with van der Waals surface area (Å²) in [4.78, 5) is 4.91. The molecule has 0 amide bonds. The van der Waals surface area contributed by atoms with Gasteiger partial charge in [0, 0.05) is 6.20 Å². The van der Waals surface area contributed by atoms with Gasteiger partial charge in [-0.15, -0.1) is 0 Å². The molecule has 4 nitrogen and oxygen atoms in total. The van der Waals surface area contributed by atoms with Crippen LogP contribution in [0.15, 0.2) is 24.4 Å². The summed E-state index contributed by atoms with van der Waals surface area (Å²) in [6.07, 6.45) is 3.66. The van der Waals surface area contributed by atoms with Gasteiger partial charge in [-0.25, -0.2) is 9.80 Å². The highest BCUT2D eigenvalue weighted by molar-refractivity contribution is 6.67. The summed E-state index contributed by atoms with van der Waals surface area (Å²) in [5.74, 6) is 0.599. The fourth-order valence-electron chi connectivity index (χ4n) is 2.17. The lowest BCUT2D eigenvalue weighted by Gasteiger charge is -2.46. The first kappa shape index (κ1) is 21.8. The van der Waals surface area contributed by atoms with E-state index in [4.69, 9.17) is 85.9 Å². The Morgan fingerprint density at radius 1 is 0.960 bits per heavy atom. The van der Waals surface area contributed by atoms with Crippen LogP contribution in [0.2, 0.25) is 5.02 Å². The summed E-state index contributed by atoms with van der Waals surface area (Å²) in [7, 11) is 1.56. The number of hydrogen-bond donors (Lipinski definition) is 0. The molecule has 0 bridgehead atoms. The van der Waals surface area contributed by atoms with Gasteiger partial charge in [0.15, 0.2) is 0 Å². The highest BCUT2D eigenvalue weighted by atomic mass is 35.6. The number of rotatable bonds is 3. The van der Waals surface area contributed by atoms with E-state index in [2.05, 4.69) is 0 Å². The Labute approximate surface area is 181 Å². The van der Waals surface area contributed by atoms with Crippen LogP contribution in [-0.4, -0.2) is 49.6 Å². The van der Waals surface area contributed by atoms with Crippen LogP contribution in [0.1, 0.15) is 5.56 Å². The Bertz CT molecular complexity index is 608. The second kappa shape index (κ2) is 8.68. The average molecular weight is 488 g/mol. The highest BCUT2D eigenvalue weighted by Crippen LogP contribution is 2.38. The quantitative estimate of drug-likeness (QED) is 0.398. The van der Waals surface area contributed by atoms with Crippen LogP contribution in [0.25, 0.3) is 6.08 Å². The third-order valence-corrected chi connectivity index (χ3v) is 5.15. The number of benzene rings is 1. The molecule has 0 saturated carbocycles. The number of nitrogens with zero attached hydrogens (tertiary/aromatic N) is 3. The van der Waals surface area contributed by atoms with Crippen LogP contribution in [0.4, 0.5) is 0 Å². The first-order chi connectivity index (χ1) is 11.5. The van der Waals surface area contributed by atoms with Crippen molar-refractivity contribution in [1.82, 2.24) is 14.7 Å². The molecule has 2 rings (SSSR count). The van der Waals surface area contributed by atoms with E-state index in [1.807, 2.05) is 23.2 Å². The topological polar surface area (TPSA) is 19.0 Å². The van der Waals surface area contributed by atoms with E-state index in [9.17, 15) is 0 Å². The molecule has 1 saturated heterocycles. The van der Waals surface area contributed by atoms with Crippen molar-refractivity contribution in [2.45, 2.75) is 7.83 Å². The Morgan fingerprint density at radius 3 is 1.96 bits per heavy atom. The van der Waals surface area contributed by atoms with E-state index in [-0.39, 0.29) is 6.67 Å². The first-order valence-electron chi connectivity index (χ1n) is 6.90. The van der Waals surface area contributed by atoms with Crippen LogP contribution in [0.5, 0.6) is 5.75 Å². The number of hydrogen-bond acceptors (Lipinski definition) is 4. The van der Waals surface area contributed by atoms with Crippen molar-refractivity contribution in [3.63, 3.8) is 0 Å². The molecular weight excluding hydrogens is 474 g/mol. The minimum Gasteiger partial charge on any atom is -0.495 e. The molecule has 0 unspecified atom stereocenters. The molecule has 140 valence electrons. The Hall–Kier alpha value is 0.510.